The highest BCUT2D eigenvalue weighted by Gasteiger charge is 2.19. The number of amides is 2. The molecule has 0 saturated carbocycles. The van der Waals surface area contributed by atoms with Gasteiger partial charge >= 0.3 is 0 Å². The number of hydrogen-bond acceptors (Lipinski definition) is 6. The molecule has 0 saturated heterocycles. The standard InChI is InChI=1S/C25H23N5O2S/c1-14-15(2)33-25(22(14)23(26)31)30-24(32)18-10-7-11-19(12-18)29-21-13-20(27-16(3)28-21)17-8-5-4-6-9-17/h4-13H,1-3H3,(H2,26,31)(H,30,32)(H,27,28,29). The number of benzene rings is 2. The number of carbonyl (C=O) groups is 2. The van der Waals surface area contributed by atoms with Crippen molar-refractivity contribution in [3.05, 3.63) is 88.1 Å². The fourth-order valence-corrected chi connectivity index (χ4v) is 4.52. The van der Waals surface area contributed by atoms with Crippen molar-refractivity contribution in [3.8, 4) is 11.3 Å². The van der Waals surface area contributed by atoms with Crippen molar-refractivity contribution in [1.29, 1.82) is 0 Å². The summed E-state index contributed by atoms with van der Waals surface area (Å²) >= 11 is 1.33. The third-order valence-electron chi connectivity index (χ3n) is 5.16. The summed E-state index contributed by atoms with van der Waals surface area (Å²) in [5.74, 6) is 0.372. The normalized spacial score (nSPS) is 10.6. The SMILES string of the molecule is Cc1nc(Nc2cccc(C(=O)Nc3sc(C)c(C)c3C(N)=O)c2)cc(-c2ccccc2)n1. The van der Waals surface area contributed by atoms with Gasteiger partial charge in [-0.25, -0.2) is 9.97 Å². The van der Waals surface area contributed by atoms with Crippen LogP contribution in [0, 0.1) is 20.8 Å². The lowest BCUT2D eigenvalue weighted by Gasteiger charge is -2.10. The van der Waals surface area contributed by atoms with Crippen molar-refractivity contribution < 1.29 is 9.59 Å². The number of anilines is 3. The van der Waals surface area contributed by atoms with Crippen molar-refractivity contribution in [2.24, 2.45) is 5.73 Å². The molecule has 0 unspecified atom stereocenters. The maximum Gasteiger partial charge on any atom is 0.256 e. The maximum atomic E-state index is 12.9. The van der Waals surface area contributed by atoms with Gasteiger partial charge in [0.25, 0.3) is 11.8 Å². The average molecular weight is 458 g/mol. The summed E-state index contributed by atoms with van der Waals surface area (Å²) in [6.45, 7) is 5.54. The van der Waals surface area contributed by atoms with E-state index in [1.165, 1.54) is 11.3 Å². The van der Waals surface area contributed by atoms with Crippen molar-refractivity contribution in [2.45, 2.75) is 20.8 Å². The Morgan fingerprint density at radius 3 is 2.42 bits per heavy atom. The Morgan fingerprint density at radius 2 is 1.70 bits per heavy atom. The molecule has 2 aromatic carbocycles. The fraction of sp³-hybridized carbons (Fsp3) is 0.120. The number of aryl methyl sites for hydroxylation is 2. The Hall–Kier alpha value is -4.04. The molecule has 2 heterocycles. The average Bonchev–Trinajstić information content (AvgIpc) is 3.07. The Morgan fingerprint density at radius 1 is 0.939 bits per heavy atom. The molecular formula is C25H23N5O2S. The number of hydrogen-bond donors (Lipinski definition) is 3. The van der Waals surface area contributed by atoms with Crippen LogP contribution < -0.4 is 16.4 Å². The monoisotopic (exact) mass is 457 g/mol. The second kappa shape index (κ2) is 9.22. The third-order valence-corrected chi connectivity index (χ3v) is 6.29. The first-order valence-corrected chi connectivity index (χ1v) is 11.1. The molecule has 4 aromatic rings. The summed E-state index contributed by atoms with van der Waals surface area (Å²) in [5, 5.41) is 6.54. The first-order chi connectivity index (χ1) is 15.8. The Kier molecular flexibility index (Phi) is 6.19. The first-order valence-electron chi connectivity index (χ1n) is 10.3. The minimum atomic E-state index is -0.559. The van der Waals surface area contributed by atoms with E-state index in [0.29, 0.717) is 33.5 Å². The number of nitrogens with one attached hydrogen (secondary N) is 2. The molecule has 7 nitrogen and oxygen atoms in total. The number of thiophene rings is 1. The topological polar surface area (TPSA) is 110 Å². The van der Waals surface area contributed by atoms with Gasteiger partial charge in [0, 0.05) is 27.8 Å². The summed E-state index contributed by atoms with van der Waals surface area (Å²) in [5.41, 5.74) is 9.59. The van der Waals surface area contributed by atoms with E-state index in [2.05, 4.69) is 20.6 Å². The molecular weight excluding hydrogens is 434 g/mol. The van der Waals surface area contributed by atoms with E-state index in [0.717, 1.165) is 21.7 Å². The second-order valence-corrected chi connectivity index (χ2v) is 8.79. The Labute approximate surface area is 195 Å². The van der Waals surface area contributed by atoms with E-state index in [-0.39, 0.29) is 5.91 Å². The van der Waals surface area contributed by atoms with Gasteiger partial charge < -0.3 is 16.4 Å². The van der Waals surface area contributed by atoms with Gasteiger partial charge in [-0.15, -0.1) is 11.3 Å². The number of aromatic nitrogens is 2. The Balaban J connectivity index is 1.57. The molecule has 0 aliphatic rings. The zero-order valence-electron chi connectivity index (χ0n) is 18.5. The van der Waals surface area contributed by atoms with Gasteiger partial charge in [0.15, 0.2) is 0 Å². The van der Waals surface area contributed by atoms with Crippen LogP contribution in [0.5, 0.6) is 0 Å². The van der Waals surface area contributed by atoms with Crippen LogP contribution in [-0.2, 0) is 0 Å². The molecule has 2 aromatic heterocycles. The number of nitrogens with two attached hydrogens (primary N) is 1. The lowest BCUT2D eigenvalue weighted by molar-refractivity contribution is 0.100. The van der Waals surface area contributed by atoms with Crippen molar-refractivity contribution in [1.82, 2.24) is 9.97 Å². The van der Waals surface area contributed by atoms with E-state index in [1.54, 1.807) is 18.2 Å². The predicted molar refractivity (Wildman–Crippen MR) is 132 cm³/mol. The van der Waals surface area contributed by atoms with Gasteiger partial charge in [0.05, 0.1) is 11.3 Å². The van der Waals surface area contributed by atoms with Crippen LogP contribution in [0.25, 0.3) is 11.3 Å². The summed E-state index contributed by atoms with van der Waals surface area (Å²) in [7, 11) is 0. The molecule has 8 heteroatoms. The van der Waals surface area contributed by atoms with Crippen LogP contribution in [-0.4, -0.2) is 21.8 Å². The van der Waals surface area contributed by atoms with E-state index in [1.807, 2.05) is 63.2 Å². The number of primary amides is 1. The molecule has 0 radical (unpaired) electrons. The van der Waals surface area contributed by atoms with Gasteiger partial charge in [-0.2, -0.15) is 0 Å². The van der Waals surface area contributed by atoms with Crippen LogP contribution >= 0.6 is 11.3 Å². The molecule has 2 amide bonds. The molecule has 0 spiro atoms. The summed E-state index contributed by atoms with van der Waals surface area (Å²) < 4.78 is 0. The van der Waals surface area contributed by atoms with Crippen LogP contribution in [0.3, 0.4) is 0 Å². The highest BCUT2D eigenvalue weighted by Crippen LogP contribution is 2.32. The molecule has 0 bridgehead atoms. The van der Waals surface area contributed by atoms with Crippen LogP contribution in [0.1, 0.15) is 37.0 Å². The molecule has 0 atom stereocenters. The zero-order valence-corrected chi connectivity index (χ0v) is 19.3. The molecule has 4 N–H and O–H groups in total. The van der Waals surface area contributed by atoms with Gasteiger partial charge in [-0.3, -0.25) is 9.59 Å². The van der Waals surface area contributed by atoms with E-state index < -0.39 is 5.91 Å². The Bertz CT molecular complexity index is 1350. The first kappa shape index (κ1) is 22.2. The van der Waals surface area contributed by atoms with Gasteiger partial charge in [0.1, 0.15) is 16.6 Å². The van der Waals surface area contributed by atoms with Crippen LogP contribution in [0.15, 0.2) is 60.7 Å². The lowest BCUT2D eigenvalue weighted by atomic mass is 10.1. The van der Waals surface area contributed by atoms with Gasteiger partial charge in [0.2, 0.25) is 0 Å². The number of rotatable bonds is 6. The minimum Gasteiger partial charge on any atom is -0.365 e. The third kappa shape index (κ3) is 4.91. The molecule has 0 aliphatic heterocycles. The number of nitrogens with zero attached hydrogens (tertiary/aromatic N) is 2. The smallest absolute Gasteiger partial charge is 0.256 e. The highest BCUT2D eigenvalue weighted by atomic mass is 32.1. The predicted octanol–water partition coefficient (Wildman–Crippen LogP) is 5.23. The fourth-order valence-electron chi connectivity index (χ4n) is 3.46. The number of carbonyl (C=O) groups excluding carboxylic acids is 2. The largest absolute Gasteiger partial charge is 0.365 e. The molecule has 33 heavy (non-hydrogen) atoms. The minimum absolute atomic E-state index is 0.328. The van der Waals surface area contributed by atoms with Gasteiger partial charge in [-0.1, -0.05) is 36.4 Å². The molecule has 0 fully saturated rings. The van der Waals surface area contributed by atoms with E-state index in [9.17, 15) is 9.59 Å². The van der Waals surface area contributed by atoms with Crippen LogP contribution in [0.4, 0.5) is 16.5 Å². The molecule has 4 rings (SSSR count). The molecule has 0 aliphatic carbocycles. The molecule has 166 valence electrons. The lowest BCUT2D eigenvalue weighted by Crippen LogP contribution is -2.17. The zero-order chi connectivity index (χ0) is 23.5. The van der Waals surface area contributed by atoms with Crippen molar-refractivity contribution in [3.63, 3.8) is 0 Å². The maximum absolute atomic E-state index is 12.9. The summed E-state index contributed by atoms with van der Waals surface area (Å²) in [4.78, 5) is 34.7. The van der Waals surface area contributed by atoms with E-state index >= 15 is 0 Å². The summed E-state index contributed by atoms with van der Waals surface area (Å²) in [6.07, 6.45) is 0. The van der Waals surface area contributed by atoms with Crippen molar-refractivity contribution in [2.75, 3.05) is 10.6 Å². The van der Waals surface area contributed by atoms with Gasteiger partial charge in [-0.05, 0) is 44.5 Å². The highest BCUT2D eigenvalue weighted by molar-refractivity contribution is 7.16. The second-order valence-electron chi connectivity index (χ2n) is 7.56. The van der Waals surface area contributed by atoms with E-state index in [4.69, 9.17) is 5.73 Å². The quantitative estimate of drug-likeness (QED) is 0.367. The summed E-state index contributed by atoms with van der Waals surface area (Å²) in [6, 6.07) is 18.8. The van der Waals surface area contributed by atoms with Crippen molar-refractivity contribution >= 4 is 39.7 Å². The van der Waals surface area contributed by atoms with Crippen LogP contribution in [0.2, 0.25) is 0 Å².